The molecule has 0 spiro atoms. The zero-order valence-electron chi connectivity index (χ0n) is 15.9. The SMILES string of the molecule is CC(C)(C)C1CCCCC1OOC(=O)c1ccc(-c2ccccc2)cc1. The Labute approximate surface area is 156 Å². The summed E-state index contributed by atoms with van der Waals surface area (Å²) in [4.78, 5) is 23.1. The van der Waals surface area contributed by atoms with Crippen LogP contribution in [-0.4, -0.2) is 12.1 Å². The van der Waals surface area contributed by atoms with Crippen molar-refractivity contribution in [1.82, 2.24) is 0 Å². The van der Waals surface area contributed by atoms with E-state index in [0.717, 1.165) is 30.4 Å². The fraction of sp³-hybridized carbons (Fsp3) is 0.435. The maximum atomic E-state index is 12.3. The van der Waals surface area contributed by atoms with Crippen molar-refractivity contribution < 1.29 is 14.6 Å². The molecule has 0 aromatic heterocycles. The van der Waals surface area contributed by atoms with Gasteiger partial charge in [-0.25, -0.2) is 4.79 Å². The highest BCUT2D eigenvalue weighted by Gasteiger charge is 2.36. The summed E-state index contributed by atoms with van der Waals surface area (Å²) in [7, 11) is 0. The molecule has 0 bridgehead atoms. The Hall–Kier alpha value is -2.13. The highest BCUT2D eigenvalue weighted by molar-refractivity contribution is 5.89. The smallest absolute Gasteiger partial charge is 0.293 e. The van der Waals surface area contributed by atoms with Crippen molar-refractivity contribution in [1.29, 1.82) is 0 Å². The summed E-state index contributed by atoms with van der Waals surface area (Å²) < 4.78 is 0. The average Bonchev–Trinajstić information content (AvgIpc) is 2.66. The summed E-state index contributed by atoms with van der Waals surface area (Å²) in [6, 6.07) is 17.5. The molecule has 0 saturated heterocycles. The zero-order valence-corrected chi connectivity index (χ0v) is 15.9. The molecule has 3 heteroatoms. The molecule has 3 nitrogen and oxygen atoms in total. The van der Waals surface area contributed by atoms with Crippen LogP contribution in [0.2, 0.25) is 0 Å². The van der Waals surface area contributed by atoms with Crippen LogP contribution in [0.5, 0.6) is 0 Å². The number of carbonyl (C=O) groups excluding carboxylic acids is 1. The van der Waals surface area contributed by atoms with Crippen molar-refractivity contribution in [3.63, 3.8) is 0 Å². The van der Waals surface area contributed by atoms with E-state index in [-0.39, 0.29) is 11.5 Å². The van der Waals surface area contributed by atoms with E-state index in [9.17, 15) is 4.79 Å². The first-order chi connectivity index (χ1) is 12.4. The fourth-order valence-electron chi connectivity index (χ4n) is 3.79. The van der Waals surface area contributed by atoms with Gasteiger partial charge in [0.1, 0.15) is 6.10 Å². The van der Waals surface area contributed by atoms with Crippen molar-refractivity contribution >= 4 is 5.97 Å². The lowest BCUT2D eigenvalue weighted by atomic mass is 9.71. The molecule has 3 rings (SSSR count). The Morgan fingerprint density at radius 3 is 2.15 bits per heavy atom. The van der Waals surface area contributed by atoms with Crippen LogP contribution in [0.15, 0.2) is 54.6 Å². The molecule has 2 aromatic rings. The van der Waals surface area contributed by atoms with Crippen LogP contribution in [0.3, 0.4) is 0 Å². The summed E-state index contributed by atoms with van der Waals surface area (Å²) >= 11 is 0. The molecule has 1 saturated carbocycles. The van der Waals surface area contributed by atoms with Crippen molar-refractivity contribution in [3.05, 3.63) is 60.2 Å². The molecule has 1 aliphatic carbocycles. The monoisotopic (exact) mass is 352 g/mol. The van der Waals surface area contributed by atoms with Crippen LogP contribution in [0.1, 0.15) is 56.8 Å². The first-order valence-electron chi connectivity index (χ1n) is 9.48. The topological polar surface area (TPSA) is 35.5 Å². The molecule has 0 radical (unpaired) electrons. The number of carbonyl (C=O) groups is 1. The number of hydrogen-bond acceptors (Lipinski definition) is 3. The fourth-order valence-corrected chi connectivity index (χ4v) is 3.79. The van der Waals surface area contributed by atoms with Gasteiger partial charge in [-0.2, -0.15) is 4.89 Å². The van der Waals surface area contributed by atoms with E-state index < -0.39 is 5.97 Å². The summed E-state index contributed by atoms with van der Waals surface area (Å²) in [6.07, 6.45) is 4.40. The molecule has 2 atom stereocenters. The van der Waals surface area contributed by atoms with Gasteiger partial charge in [-0.3, -0.25) is 4.89 Å². The van der Waals surface area contributed by atoms with E-state index in [1.54, 1.807) is 12.1 Å². The Bertz CT molecular complexity index is 713. The van der Waals surface area contributed by atoms with Gasteiger partial charge in [-0.05, 0) is 47.4 Å². The highest BCUT2D eigenvalue weighted by Crippen LogP contribution is 2.39. The van der Waals surface area contributed by atoms with Gasteiger partial charge in [0.2, 0.25) is 0 Å². The third kappa shape index (κ3) is 4.53. The second kappa shape index (κ2) is 8.05. The average molecular weight is 352 g/mol. The van der Waals surface area contributed by atoms with Gasteiger partial charge >= 0.3 is 5.97 Å². The lowest BCUT2D eigenvalue weighted by Crippen LogP contribution is -2.37. The van der Waals surface area contributed by atoms with E-state index >= 15 is 0 Å². The van der Waals surface area contributed by atoms with Gasteiger partial charge in [-0.1, -0.05) is 76.1 Å². The molecule has 0 amide bonds. The summed E-state index contributed by atoms with van der Waals surface area (Å²) in [5.41, 5.74) is 2.85. The van der Waals surface area contributed by atoms with Gasteiger partial charge in [0, 0.05) is 0 Å². The summed E-state index contributed by atoms with van der Waals surface area (Å²) in [5, 5.41) is 0. The highest BCUT2D eigenvalue weighted by atomic mass is 17.2. The van der Waals surface area contributed by atoms with Crippen LogP contribution in [0.4, 0.5) is 0 Å². The maximum Gasteiger partial charge on any atom is 0.373 e. The molecule has 2 aromatic carbocycles. The van der Waals surface area contributed by atoms with Crippen molar-refractivity contribution in [3.8, 4) is 11.1 Å². The van der Waals surface area contributed by atoms with E-state index in [1.807, 2.05) is 42.5 Å². The van der Waals surface area contributed by atoms with Gasteiger partial charge in [-0.15, -0.1) is 0 Å². The zero-order chi connectivity index (χ0) is 18.6. The largest absolute Gasteiger partial charge is 0.373 e. The normalized spacial score (nSPS) is 20.6. The number of hydrogen-bond donors (Lipinski definition) is 0. The van der Waals surface area contributed by atoms with Crippen LogP contribution >= 0.6 is 0 Å². The number of rotatable bonds is 4. The predicted molar refractivity (Wildman–Crippen MR) is 104 cm³/mol. The van der Waals surface area contributed by atoms with E-state index in [1.165, 1.54) is 6.42 Å². The van der Waals surface area contributed by atoms with Crippen molar-refractivity contribution in [2.75, 3.05) is 0 Å². The molecular weight excluding hydrogens is 324 g/mol. The second-order valence-corrected chi connectivity index (χ2v) is 8.21. The van der Waals surface area contributed by atoms with E-state index in [4.69, 9.17) is 9.78 Å². The van der Waals surface area contributed by atoms with Gasteiger partial charge in [0.05, 0.1) is 5.56 Å². The van der Waals surface area contributed by atoms with Crippen LogP contribution in [-0.2, 0) is 9.78 Å². The molecular formula is C23H28O3. The van der Waals surface area contributed by atoms with Gasteiger partial charge < -0.3 is 0 Å². The standard InChI is InChI=1S/C23H28O3/c1-23(2,3)20-11-7-8-12-21(20)25-26-22(24)19-15-13-18(14-16-19)17-9-5-4-6-10-17/h4-6,9-10,13-16,20-21H,7-8,11-12H2,1-3H3. The minimum atomic E-state index is -0.428. The van der Waals surface area contributed by atoms with Gasteiger partial charge in [0.25, 0.3) is 0 Å². The molecule has 0 aliphatic heterocycles. The molecule has 0 N–H and O–H groups in total. The lowest BCUT2D eigenvalue weighted by Gasteiger charge is -2.38. The van der Waals surface area contributed by atoms with E-state index in [2.05, 4.69) is 20.8 Å². The van der Waals surface area contributed by atoms with Crippen molar-refractivity contribution in [2.45, 2.75) is 52.6 Å². The molecule has 0 heterocycles. The predicted octanol–water partition coefficient (Wildman–Crippen LogP) is 6.05. The third-order valence-electron chi connectivity index (χ3n) is 5.29. The molecule has 1 fully saturated rings. The first kappa shape index (κ1) is 18.7. The lowest BCUT2D eigenvalue weighted by molar-refractivity contribution is -0.297. The maximum absolute atomic E-state index is 12.3. The third-order valence-corrected chi connectivity index (χ3v) is 5.29. The van der Waals surface area contributed by atoms with E-state index in [0.29, 0.717) is 11.5 Å². The Balaban J connectivity index is 1.61. The first-order valence-corrected chi connectivity index (χ1v) is 9.48. The van der Waals surface area contributed by atoms with Gasteiger partial charge in [0.15, 0.2) is 0 Å². The Morgan fingerprint density at radius 1 is 0.885 bits per heavy atom. The summed E-state index contributed by atoms with van der Waals surface area (Å²) in [5.74, 6) is -0.0210. The van der Waals surface area contributed by atoms with Crippen molar-refractivity contribution in [2.24, 2.45) is 11.3 Å². The molecule has 1 aliphatic rings. The second-order valence-electron chi connectivity index (χ2n) is 8.21. The quantitative estimate of drug-likeness (QED) is 0.496. The minimum Gasteiger partial charge on any atom is -0.293 e. The Kier molecular flexibility index (Phi) is 5.77. The molecule has 26 heavy (non-hydrogen) atoms. The summed E-state index contributed by atoms with van der Waals surface area (Å²) in [6.45, 7) is 6.68. The minimum absolute atomic E-state index is 0.0173. The number of benzene rings is 2. The van der Waals surface area contributed by atoms with Crippen LogP contribution in [0.25, 0.3) is 11.1 Å². The van der Waals surface area contributed by atoms with Crippen LogP contribution in [0, 0.1) is 11.3 Å². The molecule has 138 valence electrons. The Morgan fingerprint density at radius 2 is 1.50 bits per heavy atom. The van der Waals surface area contributed by atoms with Crippen LogP contribution < -0.4 is 0 Å². The molecule has 2 unspecified atom stereocenters.